The van der Waals surface area contributed by atoms with E-state index < -0.39 is 0 Å². The number of piperazine rings is 2. The Bertz CT molecular complexity index is 5200. The Morgan fingerprint density at radius 1 is 0.423 bits per heavy atom. The summed E-state index contributed by atoms with van der Waals surface area (Å²) in [6.07, 6.45) is 21.7. The molecule has 2 aromatic heterocycles. The van der Waals surface area contributed by atoms with Gasteiger partial charge in [0.15, 0.2) is 0 Å². The molecular formula is C100H126N22O8. The molecule has 18 rings (SSSR count). The summed E-state index contributed by atoms with van der Waals surface area (Å²) in [5.41, 5.74) is 7.96. The average molecular weight is 1760 g/mol. The number of ether oxygens (including phenoxy) is 2. The van der Waals surface area contributed by atoms with Crippen LogP contribution < -0.4 is 65.9 Å². The van der Waals surface area contributed by atoms with Crippen molar-refractivity contribution in [2.45, 2.75) is 168 Å². The van der Waals surface area contributed by atoms with Crippen molar-refractivity contribution in [2.24, 2.45) is 0 Å². The fourth-order valence-electron chi connectivity index (χ4n) is 21.7. The van der Waals surface area contributed by atoms with Crippen molar-refractivity contribution in [2.75, 3.05) is 166 Å². The first kappa shape index (κ1) is 92.4. The molecule has 130 heavy (non-hydrogen) atoms. The van der Waals surface area contributed by atoms with Gasteiger partial charge in [0.25, 0.3) is 5.91 Å². The monoisotopic (exact) mass is 1760 g/mol. The summed E-state index contributed by atoms with van der Waals surface area (Å²) in [4.78, 5) is 113. The van der Waals surface area contributed by atoms with E-state index in [1.807, 2.05) is 17.0 Å². The van der Waals surface area contributed by atoms with E-state index in [9.17, 15) is 28.8 Å². The third-order valence-electron chi connectivity index (χ3n) is 29.6. The minimum Gasteiger partial charge on any atom is -0.495 e. The third-order valence-corrected chi connectivity index (χ3v) is 29.6. The Labute approximate surface area is 764 Å². The quantitative estimate of drug-likeness (QED) is 0.0465. The molecular weight excluding hydrogens is 1640 g/mol. The van der Waals surface area contributed by atoms with Gasteiger partial charge < -0.3 is 61.0 Å². The average Bonchev–Trinajstić information content (AvgIpc) is 1.49. The molecule has 30 heteroatoms. The van der Waals surface area contributed by atoms with Gasteiger partial charge in [0, 0.05) is 93.6 Å². The van der Waals surface area contributed by atoms with Gasteiger partial charge in [-0.3, -0.25) is 39.0 Å². The minimum atomic E-state index is -0.264. The normalized spacial score (nSPS) is 26.6. The second-order valence-corrected chi connectivity index (χ2v) is 37.3. The molecule has 0 atom stereocenters. The third kappa shape index (κ3) is 19.2. The topological polar surface area (TPSA) is 325 Å². The van der Waals surface area contributed by atoms with Gasteiger partial charge in [-0.05, 0) is 198 Å². The van der Waals surface area contributed by atoms with E-state index in [1.54, 1.807) is 107 Å². The number of methoxy groups -OCH3 is 2. The molecule has 8 heterocycles. The molecule has 0 bridgehead atoms. The maximum atomic E-state index is 13.0. The van der Waals surface area contributed by atoms with E-state index in [0.29, 0.717) is 111 Å². The van der Waals surface area contributed by atoms with Gasteiger partial charge in [0.1, 0.15) is 11.5 Å². The SMILES string of the molecule is CC(=O)N1CCN(c2ncc(N3CC4(CCC(c5ccccc5)(N(C)C)CC4)NC3=O)cn2)CC1.CCNC1(c2ccccc2)CCC2(CC1)CN(c1ccc(C#N)cc1OC)C(=O)N2.CCNC1(c2ccccc2)CCC2(CC1)CN(c1ccc(C#N)cc1OC)C(=O)N2.CN1CCN(C(=O)c2ncc(N3CC4(CCC(c5ccccc5)(N(C)C)CC4)NC3=O)cn2)CC1. The van der Waals surface area contributed by atoms with Crippen molar-refractivity contribution in [3.63, 3.8) is 0 Å². The number of nitrogens with one attached hydrogen (secondary N) is 6. The highest BCUT2D eigenvalue weighted by atomic mass is 16.5. The van der Waals surface area contributed by atoms with Gasteiger partial charge in [-0.15, -0.1) is 0 Å². The van der Waals surface area contributed by atoms with Crippen LogP contribution in [0.15, 0.2) is 183 Å². The number of carbonyl (C=O) groups is 6. The number of nitriles is 2. The van der Waals surface area contributed by atoms with E-state index in [4.69, 9.17) is 20.0 Å². The maximum absolute atomic E-state index is 13.0. The highest BCUT2D eigenvalue weighted by Crippen LogP contribution is 2.51. The molecule has 10 aliphatic rings. The molecule has 30 nitrogen and oxygen atoms in total. The van der Waals surface area contributed by atoms with E-state index in [1.165, 1.54) is 22.3 Å². The van der Waals surface area contributed by atoms with Crippen LogP contribution in [0.2, 0.25) is 0 Å². The van der Waals surface area contributed by atoms with E-state index in [0.717, 1.165) is 135 Å². The molecule has 0 unspecified atom stereocenters. The first-order valence-electron chi connectivity index (χ1n) is 46.0. The predicted molar refractivity (Wildman–Crippen MR) is 503 cm³/mol. The number of rotatable bonds is 18. The van der Waals surface area contributed by atoms with Crippen LogP contribution in [-0.4, -0.2) is 244 Å². The Morgan fingerprint density at radius 2 is 0.746 bits per heavy atom. The lowest BCUT2D eigenvalue weighted by Crippen LogP contribution is -2.54. The maximum Gasteiger partial charge on any atom is 0.322 e. The second-order valence-electron chi connectivity index (χ2n) is 37.3. The minimum absolute atomic E-state index is 0.0121. The Kier molecular flexibility index (Phi) is 27.8. The lowest BCUT2D eigenvalue weighted by Gasteiger charge is -2.48. The Hall–Kier alpha value is -12.3. The molecule has 6 aliphatic heterocycles. The lowest BCUT2D eigenvalue weighted by atomic mass is 9.69. The van der Waals surface area contributed by atoms with Crippen LogP contribution in [0.25, 0.3) is 0 Å². The zero-order valence-electron chi connectivity index (χ0n) is 77.0. The van der Waals surface area contributed by atoms with Crippen LogP contribution in [0, 0.1) is 22.7 Å². The molecule has 4 saturated carbocycles. The number of hydrogen-bond donors (Lipinski definition) is 6. The first-order chi connectivity index (χ1) is 62.7. The van der Waals surface area contributed by atoms with Gasteiger partial charge in [0.2, 0.25) is 17.7 Å². The molecule has 0 radical (unpaired) electrons. The summed E-state index contributed by atoms with van der Waals surface area (Å²) in [5.74, 6) is 1.86. The summed E-state index contributed by atoms with van der Waals surface area (Å²) < 4.78 is 10.9. The van der Waals surface area contributed by atoms with E-state index in [2.05, 4.69) is 242 Å². The van der Waals surface area contributed by atoms with Gasteiger partial charge in [-0.25, -0.2) is 39.1 Å². The number of amides is 10. The molecule has 6 aromatic carbocycles. The van der Waals surface area contributed by atoms with Crippen LogP contribution in [0.1, 0.15) is 168 Å². The number of benzene rings is 6. The molecule has 10 fully saturated rings. The number of hydrogen-bond acceptors (Lipinski definition) is 20. The highest BCUT2D eigenvalue weighted by Gasteiger charge is 2.55. The van der Waals surface area contributed by atoms with Crippen molar-refractivity contribution >= 4 is 64.6 Å². The summed E-state index contributed by atoms with van der Waals surface area (Å²) in [7, 11) is 13.8. The van der Waals surface area contributed by atoms with Crippen LogP contribution in [0.5, 0.6) is 11.5 Å². The zero-order chi connectivity index (χ0) is 91.6. The number of aromatic nitrogens is 4. The fraction of sp³-hybridized carbons (Fsp3) is 0.480. The number of likely N-dealkylation sites (N-methyl/N-ethyl adjacent to an activating group) is 1. The number of anilines is 5. The van der Waals surface area contributed by atoms with Gasteiger partial charge >= 0.3 is 24.1 Å². The second kappa shape index (κ2) is 39.2. The van der Waals surface area contributed by atoms with Crippen molar-refractivity contribution in [1.29, 1.82) is 10.5 Å². The molecule has 684 valence electrons. The molecule has 6 saturated heterocycles. The Morgan fingerprint density at radius 3 is 1.08 bits per heavy atom. The van der Waals surface area contributed by atoms with Crippen molar-refractivity contribution in [3.05, 3.63) is 222 Å². The molecule has 8 aromatic rings. The van der Waals surface area contributed by atoms with Gasteiger partial charge in [-0.1, -0.05) is 135 Å². The van der Waals surface area contributed by atoms with Crippen LogP contribution in [0.4, 0.5) is 47.9 Å². The first-order valence-corrected chi connectivity index (χ1v) is 46.0. The fourth-order valence-corrected chi connectivity index (χ4v) is 21.7. The standard InChI is InChI=1S/2C26H35N7O2.2C24H28N4O2/c1-30(2)26(20-7-5-4-6-8-20)11-9-25(10-12-26)19-33(24(35)29-25)21-17-27-22(28-18-21)23(34)32-15-13-31(3)14-16-32;1-20(34)31-13-15-32(16-14-31)23-27-17-22(18-28-23)33-19-25(29-24(33)35)9-11-26(12-10-25,30(2)3)21-7-5-4-6-8-21;2*1-3-26-24(19-7-5-4-6-8-19)13-11-23(12-14-24)17-28(22(29)27-23)20-10-9-18(16-25)15-21(20)30-2/h2*4-8,17-18H,9-16,19H2,1-3H3,(H,29,35);2*4-10,15,26H,3,11-14,17H2,1-2H3,(H,27,29). The predicted octanol–water partition coefficient (Wildman–Crippen LogP) is 12.4. The summed E-state index contributed by atoms with van der Waals surface area (Å²) >= 11 is 0. The summed E-state index contributed by atoms with van der Waals surface area (Å²) in [6.45, 7) is 15.9. The lowest BCUT2D eigenvalue weighted by molar-refractivity contribution is -0.129. The molecule has 4 aliphatic carbocycles. The van der Waals surface area contributed by atoms with Crippen LogP contribution in [-0.2, 0) is 27.0 Å². The molecule has 4 spiro atoms. The van der Waals surface area contributed by atoms with Gasteiger partial charge in [-0.2, -0.15) is 10.5 Å². The highest BCUT2D eigenvalue weighted by molar-refractivity contribution is 5.99. The number of carbonyl (C=O) groups excluding carboxylic acids is 6. The van der Waals surface area contributed by atoms with E-state index in [-0.39, 0.29) is 86.1 Å². The van der Waals surface area contributed by atoms with Crippen LogP contribution >= 0.6 is 0 Å². The smallest absolute Gasteiger partial charge is 0.322 e. The Balaban J connectivity index is 0.000000133. The van der Waals surface area contributed by atoms with Crippen molar-refractivity contribution in [3.8, 4) is 23.6 Å². The van der Waals surface area contributed by atoms with Gasteiger partial charge in [0.05, 0.1) is 133 Å². The van der Waals surface area contributed by atoms with Crippen molar-refractivity contribution in [1.82, 2.24) is 76.3 Å². The molecule has 10 amide bonds. The van der Waals surface area contributed by atoms with E-state index >= 15 is 0 Å². The molecule has 6 N–H and O–H groups in total. The van der Waals surface area contributed by atoms with Crippen molar-refractivity contribution < 1.29 is 38.2 Å². The summed E-state index contributed by atoms with van der Waals surface area (Å²) in [6, 6.07) is 56.9. The number of nitrogens with zero attached hydrogens (tertiary/aromatic N) is 16. The van der Waals surface area contributed by atoms with Crippen LogP contribution in [0.3, 0.4) is 0 Å². The largest absolute Gasteiger partial charge is 0.495 e. The summed E-state index contributed by atoms with van der Waals surface area (Å²) in [5, 5.41) is 38.9. The number of urea groups is 4. The zero-order valence-corrected chi connectivity index (χ0v) is 77.0.